The van der Waals surface area contributed by atoms with Gasteiger partial charge in [0.2, 0.25) is 0 Å². The summed E-state index contributed by atoms with van der Waals surface area (Å²) in [6.45, 7) is 1.66. The van der Waals surface area contributed by atoms with Crippen molar-refractivity contribution in [3.8, 4) is 0 Å². The van der Waals surface area contributed by atoms with E-state index < -0.39 is 23.8 Å². The van der Waals surface area contributed by atoms with E-state index >= 15 is 0 Å². The molecule has 0 heterocycles. The van der Waals surface area contributed by atoms with Gasteiger partial charge in [-0.2, -0.15) is 13.2 Å². The second-order valence-corrected chi connectivity index (χ2v) is 4.13. The molecule has 1 rings (SSSR count). The van der Waals surface area contributed by atoms with Crippen molar-refractivity contribution >= 4 is 17.6 Å². The number of oxime groups is 1. The van der Waals surface area contributed by atoms with E-state index in [0.717, 1.165) is 12.1 Å². The first-order valence-electron chi connectivity index (χ1n) is 6.00. The van der Waals surface area contributed by atoms with Crippen LogP contribution in [0.2, 0.25) is 0 Å². The lowest BCUT2D eigenvalue weighted by Gasteiger charge is -2.18. The van der Waals surface area contributed by atoms with Crippen molar-refractivity contribution in [2.24, 2.45) is 10.9 Å². The Morgan fingerprint density at radius 2 is 2.05 bits per heavy atom. The van der Waals surface area contributed by atoms with Gasteiger partial charge in [-0.25, -0.2) is 4.79 Å². The lowest BCUT2D eigenvalue weighted by Crippen LogP contribution is -2.46. The Morgan fingerprint density at radius 1 is 1.43 bits per heavy atom. The number of urea groups is 1. The number of anilines is 1. The zero-order chi connectivity index (χ0) is 16.0. The van der Waals surface area contributed by atoms with Gasteiger partial charge in [-0.1, -0.05) is 24.2 Å². The predicted octanol–water partition coefficient (Wildman–Crippen LogP) is 2.35. The summed E-state index contributed by atoms with van der Waals surface area (Å²) in [4.78, 5) is 11.7. The number of rotatable bonds is 4. The summed E-state index contributed by atoms with van der Waals surface area (Å²) < 4.78 is 38.3. The molecule has 6 nitrogen and oxygen atoms in total. The fourth-order valence-corrected chi connectivity index (χ4v) is 1.61. The molecule has 0 fully saturated rings. The number of carbonyl (C=O) groups excluding carboxylic acids is 1. The monoisotopic (exact) mass is 304 g/mol. The van der Waals surface area contributed by atoms with Crippen molar-refractivity contribution in [1.82, 2.24) is 5.32 Å². The lowest BCUT2D eigenvalue weighted by atomic mass is 10.1. The number of carbonyl (C=O) groups is 1. The van der Waals surface area contributed by atoms with Crippen molar-refractivity contribution < 1.29 is 23.2 Å². The molecule has 1 atom stereocenters. The maximum absolute atomic E-state index is 12.8. The first kappa shape index (κ1) is 16.6. The summed E-state index contributed by atoms with van der Waals surface area (Å²) in [6, 6.07) is 2.91. The molecule has 0 aliphatic rings. The quantitative estimate of drug-likeness (QED) is 0.297. The highest BCUT2D eigenvalue weighted by molar-refractivity contribution is 5.95. The number of hydrogen-bond donors (Lipinski definition) is 4. The average Bonchev–Trinajstić information content (AvgIpc) is 2.43. The van der Waals surface area contributed by atoms with Gasteiger partial charge in [0.05, 0.1) is 17.3 Å². The van der Waals surface area contributed by atoms with Gasteiger partial charge in [-0.3, -0.25) is 0 Å². The number of amides is 2. The zero-order valence-corrected chi connectivity index (χ0v) is 11.1. The van der Waals surface area contributed by atoms with Crippen LogP contribution in [0, 0.1) is 0 Å². The van der Waals surface area contributed by atoms with Crippen molar-refractivity contribution in [2.45, 2.75) is 25.6 Å². The summed E-state index contributed by atoms with van der Waals surface area (Å²) in [5, 5.41) is 15.7. The van der Waals surface area contributed by atoms with E-state index in [1.807, 2.05) is 0 Å². The molecule has 9 heteroatoms. The Kier molecular flexibility index (Phi) is 5.39. The van der Waals surface area contributed by atoms with E-state index in [-0.39, 0.29) is 11.5 Å². The molecule has 2 amide bonds. The molecule has 0 aromatic heterocycles. The first-order valence-corrected chi connectivity index (χ1v) is 6.00. The number of halogens is 3. The summed E-state index contributed by atoms with van der Waals surface area (Å²) in [5.74, 6) is -0.239. The number of para-hydroxylation sites is 1. The van der Waals surface area contributed by atoms with E-state index in [1.54, 1.807) is 6.92 Å². The molecular weight excluding hydrogens is 289 g/mol. The number of amidine groups is 1. The third kappa shape index (κ3) is 4.55. The normalized spacial score (nSPS) is 13.6. The minimum absolute atomic E-state index is 0.239. The molecule has 0 radical (unpaired) electrons. The summed E-state index contributed by atoms with van der Waals surface area (Å²) in [5.41, 5.74) is 4.01. The van der Waals surface area contributed by atoms with Crippen LogP contribution in [0.5, 0.6) is 0 Å². The van der Waals surface area contributed by atoms with E-state index in [1.165, 1.54) is 12.1 Å². The molecule has 0 saturated heterocycles. The highest BCUT2D eigenvalue weighted by atomic mass is 19.4. The topological polar surface area (TPSA) is 99.7 Å². The second-order valence-electron chi connectivity index (χ2n) is 4.13. The minimum atomic E-state index is -4.58. The minimum Gasteiger partial charge on any atom is -0.409 e. The fraction of sp³-hybridized carbons (Fsp3) is 0.333. The molecule has 1 unspecified atom stereocenters. The Balaban J connectivity index is 2.85. The van der Waals surface area contributed by atoms with Crippen molar-refractivity contribution in [3.63, 3.8) is 0 Å². The fourth-order valence-electron chi connectivity index (χ4n) is 1.61. The predicted molar refractivity (Wildman–Crippen MR) is 71.1 cm³/mol. The summed E-state index contributed by atoms with van der Waals surface area (Å²) in [6.07, 6.45) is -4.27. The largest absolute Gasteiger partial charge is 0.418 e. The van der Waals surface area contributed by atoms with E-state index in [0.29, 0.717) is 6.42 Å². The molecule has 116 valence electrons. The van der Waals surface area contributed by atoms with Gasteiger partial charge in [0.15, 0.2) is 5.84 Å². The Labute approximate surface area is 118 Å². The number of benzene rings is 1. The standard InChI is InChI=1S/C12H15F3N4O2/c1-2-8(10(16)19-21)17-11(20)18-9-6-4-3-5-7(9)12(13,14)15/h3-6,8,21H,2H2,1H3,(H2,16,19)(H2,17,18,20). The number of alkyl halides is 3. The van der Waals surface area contributed by atoms with Crippen LogP contribution in [0.25, 0.3) is 0 Å². The average molecular weight is 304 g/mol. The van der Waals surface area contributed by atoms with Gasteiger partial charge in [0, 0.05) is 0 Å². The molecule has 0 aliphatic carbocycles. The number of nitrogens with two attached hydrogens (primary N) is 1. The second kappa shape index (κ2) is 6.82. The molecule has 0 saturated carbocycles. The van der Waals surface area contributed by atoms with Crippen LogP contribution in [-0.4, -0.2) is 23.1 Å². The molecule has 0 aliphatic heterocycles. The molecule has 21 heavy (non-hydrogen) atoms. The highest BCUT2D eigenvalue weighted by Crippen LogP contribution is 2.34. The smallest absolute Gasteiger partial charge is 0.409 e. The molecule has 5 N–H and O–H groups in total. The maximum Gasteiger partial charge on any atom is 0.418 e. The zero-order valence-electron chi connectivity index (χ0n) is 11.1. The van der Waals surface area contributed by atoms with Crippen LogP contribution < -0.4 is 16.4 Å². The van der Waals surface area contributed by atoms with Crippen molar-refractivity contribution in [1.29, 1.82) is 0 Å². The van der Waals surface area contributed by atoms with Crippen LogP contribution in [0.15, 0.2) is 29.4 Å². The lowest BCUT2D eigenvalue weighted by molar-refractivity contribution is -0.136. The SMILES string of the molecule is CCC(NC(=O)Nc1ccccc1C(F)(F)F)C(N)=NO. The third-order valence-electron chi connectivity index (χ3n) is 2.67. The number of nitrogens with zero attached hydrogens (tertiary/aromatic N) is 1. The van der Waals surface area contributed by atoms with Crippen LogP contribution >= 0.6 is 0 Å². The maximum atomic E-state index is 12.8. The molecule has 0 spiro atoms. The van der Waals surface area contributed by atoms with Crippen LogP contribution in [0.3, 0.4) is 0 Å². The van der Waals surface area contributed by atoms with Crippen molar-refractivity contribution in [3.05, 3.63) is 29.8 Å². The molecule has 1 aromatic carbocycles. The van der Waals surface area contributed by atoms with Crippen molar-refractivity contribution in [2.75, 3.05) is 5.32 Å². The van der Waals surface area contributed by atoms with Gasteiger partial charge in [0.1, 0.15) is 0 Å². The van der Waals surface area contributed by atoms with Gasteiger partial charge in [-0.05, 0) is 18.6 Å². The highest BCUT2D eigenvalue weighted by Gasteiger charge is 2.33. The molecule has 0 bridgehead atoms. The summed E-state index contributed by atoms with van der Waals surface area (Å²) in [7, 11) is 0. The Bertz CT molecular complexity index is 531. The Hall–Kier alpha value is -2.45. The van der Waals surface area contributed by atoms with Gasteiger partial charge < -0.3 is 21.6 Å². The molecule has 1 aromatic rings. The van der Waals surface area contributed by atoms with Gasteiger partial charge in [0.25, 0.3) is 0 Å². The van der Waals surface area contributed by atoms with Gasteiger partial charge >= 0.3 is 12.2 Å². The van der Waals surface area contributed by atoms with E-state index in [2.05, 4.69) is 15.8 Å². The number of nitrogens with one attached hydrogen (secondary N) is 2. The van der Waals surface area contributed by atoms with Crippen LogP contribution in [0.1, 0.15) is 18.9 Å². The van der Waals surface area contributed by atoms with Crippen LogP contribution in [0.4, 0.5) is 23.7 Å². The van der Waals surface area contributed by atoms with E-state index in [4.69, 9.17) is 10.9 Å². The molecular formula is C12H15F3N4O2. The van der Waals surface area contributed by atoms with Crippen LogP contribution in [-0.2, 0) is 6.18 Å². The van der Waals surface area contributed by atoms with Gasteiger partial charge in [-0.15, -0.1) is 0 Å². The third-order valence-corrected chi connectivity index (χ3v) is 2.67. The Morgan fingerprint density at radius 3 is 2.57 bits per heavy atom. The first-order chi connectivity index (χ1) is 9.79. The summed E-state index contributed by atoms with van der Waals surface area (Å²) >= 11 is 0. The number of hydrogen-bond acceptors (Lipinski definition) is 3. The van der Waals surface area contributed by atoms with E-state index in [9.17, 15) is 18.0 Å².